The molecule has 1 aliphatic rings. The maximum absolute atomic E-state index is 5.90. The molecule has 0 radical (unpaired) electrons. The summed E-state index contributed by atoms with van der Waals surface area (Å²) in [5, 5.41) is 0. The zero-order chi connectivity index (χ0) is 10.8. The molecule has 1 heterocycles. The van der Waals surface area contributed by atoms with Crippen LogP contribution in [0.2, 0.25) is 0 Å². The van der Waals surface area contributed by atoms with Crippen molar-refractivity contribution in [3.8, 4) is 0 Å². The first kappa shape index (κ1) is 10.3. The number of nitrogens with zero attached hydrogens (tertiary/aromatic N) is 1. The number of rotatable bonds is 2. The largest absolute Gasteiger partial charge is 0.398 e. The normalized spacial score (nSPS) is 20.9. The Balaban J connectivity index is 2.20. The number of hydrogen-bond donors (Lipinski definition) is 1. The van der Waals surface area contributed by atoms with Crippen LogP contribution in [0.4, 0.5) is 11.4 Å². The highest BCUT2D eigenvalue weighted by molar-refractivity contribution is 5.64. The third kappa shape index (κ3) is 1.92. The maximum Gasteiger partial charge on any atom is 0.0762 e. The molecule has 3 heteroatoms. The summed E-state index contributed by atoms with van der Waals surface area (Å²) in [5.41, 5.74) is 9.19. The van der Waals surface area contributed by atoms with Gasteiger partial charge in [0.2, 0.25) is 0 Å². The van der Waals surface area contributed by atoms with E-state index in [4.69, 9.17) is 10.5 Å². The number of anilines is 2. The molecule has 0 amide bonds. The fraction of sp³-hybridized carbons (Fsp3) is 0.500. The van der Waals surface area contributed by atoms with Gasteiger partial charge in [0.15, 0.2) is 0 Å². The second-order valence-electron chi connectivity index (χ2n) is 4.08. The molecule has 2 N–H and O–H groups in total. The average molecular weight is 206 g/mol. The van der Waals surface area contributed by atoms with E-state index in [2.05, 4.69) is 17.9 Å². The van der Waals surface area contributed by atoms with E-state index in [0.717, 1.165) is 25.2 Å². The standard InChI is InChI=1S/C12H18N2O/c1-9-11(13)4-3-5-12(9)14-7-6-10(8-14)15-2/h3-5,10H,6-8,13H2,1-2H3. The van der Waals surface area contributed by atoms with E-state index < -0.39 is 0 Å². The Morgan fingerprint density at radius 2 is 2.27 bits per heavy atom. The van der Waals surface area contributed by atoms with Crippen molar-refractivity contribution < 1.29 is 4.74 Å². The van der Waals surface area contributed by atoms with Crippen molar-refractivity contribution in [2.75, 3.05) is 30.8 Å². The summed E-state index contributed by atoms with van der Waals surface area (Å²) in [7, 11) is 1.78. The summed E-state index contributed by atoms with van der Waals surface area (Å²) in [6.45, 7) is 4.11. The summed E-state index contributed by atoms with van der Waals surface area (Å²) in [6, 6.07) is 6.09. The lowest BCUT2D eigenvalue weighted by Crippen LogP contribution is -2.23. The molecule has 0 aromatic heterocycles. The van der Waals surface area contributed by atoms with E-state index in [1.807, 2.05) is 12.1 Å². The number of hydrogen-bond acceptors (Lipinski definition) is 3. The van der Waals surface area contributed by atoms with Crippen LogP contribution in [0.5, 0.6) is 0 Å². The highest BCUT2D eigenvalue weighted by atomic mass is 16.5. The number of nitrogen functional groups attached to an aromatic ring is 1. The van der Waals surface area contributed by atoms with Gasteiger partial charge in [-0.3, -0.25) is 0 Å². The monoisotopic (exact) mass is 206 g/mol. The summed E-state index contributed by atoms with van der Waals surface area (Å²) in [4.78, 5) is 2.35. The smallest absolute Gasteiger partial charge is 0.0762 e. The molecule has 2 rings (SSSR count). The number of methoxy groups -OCH3 is 1. The van der Waals surface area contributed by atoms with Crippen LogP contribution in [0.25, 0.3) is 0 Å². The molecule has 1 aromatic carbocycles. The van der Waals surface area contributed by atoms with Crippen molar-refractivity contribution in [1.29, 1.82) is 0 Å². The number of nitrogens with two attached hydrogens (primary N) is 1. The molecule has 3 nitrogen and oxygen atoms in total. The minimum Gasteiger partial charge on any atom is -0.398 e. The van der Waals surface area contributed by atoms with Crippen molar-refractivity contribution in [3.05, 3.63) is 23.8 Å². The Kier molecular flexibility index (Phi) is 2.82. The highest BCUT2D eigenvalue weighted by Crippen LogP contribution is 2.28. The van der Waals surface area contributed by atoms with E-state index >= 15 is 0 Å². The van der Waals surface area contributed by atoms with Gasteiger partial charge in [0, 0.05) is 31.6 Å². The van der Waals surface area contributed by atoms with Crippen LogP contribution in [0, 0.1) is 6.92 Å². The minimum atomic E-state index is 0.367. The van der Waals surface area contributed by atoms with Crippen molar-refractivity contribution in [2.45, 2.75) is 19.4 Å². The van der Waals surface area contributed by atoms with Gasteiger partial charge in [0.1, 0.15) is 0 Å². The highest BCUT2D eigenvalue weighted by Gasteiger charge is 2.23. The van der Waals surface area contributed by atoms with Gasteiger partial charge in [0.25, 0.3) is 0 Å². The fourth-order valence-corrected chi connectivity index (χ4v) is 2.12. The topological polar surface area (TPSA) is 38.5 Å². The van der Waals surface area contributed by atoms with Crippen LogP contribution in [0.1, 0.15) is 12.0 Å². The lowest BCUT2D eigenvalue weighted by atomic mass is 10.1. The minimum absolute atomic E-state index is 0.367. The van der Waals surface area contributed by atoms with Gasteiger partial charge in [-0.2, -0.15) is 0 Å². The molecular formula is C12H18N2O. The molecule has 0 spiro atoms. The molecular weight excluding hydrogens is 188 g/mol. The Morgan fingerprint density at radius 1 is 1.47 bits per heavy atom. The zero-order valence-electron chi connectivity index (χ0n) is 9.36. The van der Waals surface area contributed by atoms with Gasteiger partial charge in [0.05, 0.1) is 6.10 Å². The van der Waals surface area contributed by atoms with Crippen molar-refractivity contribution in [3.63, 3.8) is 0 Å². The van der Waals surface area contributed by atoms with Crippen LogP contribution in [0.15, 0.2) is 18.2 Å². The van der Waals surface area contributed by atoms with Gasteiger partial charge < -0.3 is 15.4 Å². The van der Waals surface area contributed by atoms with E-state index in [1.54, 1.807) is 7.11 Å². The SMILES string of the molecule is COC1CCN(c2cccc(N)c2C)C1. The lowest BCUT2D eigenvalue weighted by Gasteiger charge is -2.21. The second-order valence-corrected chi connectivity index (χ2v) is 4.08. The average Bonchev–Trinajstić information content (AvgIpc) is 2.70. The Morgan fingerprint density at radius 3 is 2.93 bits per heavy atom. The third-order valence-electron chi connectivity index (χ3n) is 3.17. The predicted octanol–water partition coefficient (Wildman–Crippen LogP) is 1.80. The predicted molar refractivity (Wildman–Crippen MR) is 63.2 cm³/mol. The Bertz CT molecular complexity index is 351. The second kappa shape index (κ2) is 4.11. The molecule has 0 bridgehead atoms. The maximum atomic E-state index is 5.90. The van der Waals surface area contributed by atoms with Gasteiger partial charge in [-0.25, -0.2) is 0 Å². The van der Waals surface area contributed by atoms with Gasteiger partial charge in [-0.1, -0.05) is 6.07 Å². The summed E-state index contributed by atoms with van der Waals surface area (Å²) in [5.74, 6) is 0. The fourth-order valence-electron chi connectivity index (χ4n) is 2.12. The van der Waals surface area contributed by atoms with Crippen molar-refractivity contribution in [2.24, 2.45) is 0 Å². The van der Waals surface area contributed by atoms with Crippen LogP contribution < -0.4 is 10.6 Å². The molecule has 1 fully saturated rings. The quantitative estimate of drug-likeness (QED) is 0.750. The molecule has 15 heavy (non-hydrogen) atoms. The van der Waals surface area contributed by atoms with Crippen LogP contribution in [0.3, 0.4) is 0 Å². The molecule has 82 valence electrons. The Hall–Kier alpha value is -1.22. The van der Waals surface area contributed by atoms with Crippen molar-refractivity contribution in [1.82, 2.24) is 0 Å². The lowest BCUT2D eigenvalue weighted by molar-refractivity contribution is 0.121. The number of ether oxygens (including phenoxy) is 1. The summed E-state index contributed by atoms with van der Waals surface area (Å²) in [6.07, 6.45) is 1.47. The zero-order valence-corrected chi connectivity index (χ0v) is 9.36. The van der Waals surface area contributed by atoms with Crippen LogP contribution >= 0.6 is 0 Å². The molecule has 1 aliphatic heterocycles. The molecule has 1 aromatic rings. The van der Waals surface area contributed by atoms with Gasteiger partial charge >= 0.3 is 0 Å². The first-order valence-corrected chi connectivity index (χ1v) is 5.35. The molecule has 0 aliphatic carbocycles. The van der Waals surface area contributed by atoms with Crippen molar-refractivity contribution >= 4 is 11.4 Å². The first-order valence-electron chi connectivity index (χ1n) is 5.35. The molecule has 1 saturated heterocycles. The van der Waals surface area contributed by atoms with Gasteiger partial charge in [-0.15, -0.1) is 0 Å². The van der Waals surface area contributed by atoms with E-state index in [0.29, 0.717) is 6.10 Å². The molecule has 1 unspecified atom stereocenters. The number of benzene rings is 1. The molecule has 0 saturated carbocycles. The summed E-state index contributed by atoms with van der Waals surface area (Å²) < 4.78 is 5.36. The summed E-state index contributed by atoms with van der Waals surface area (Å²) >= 11 is 0. The van der Waals surface area contributed by atoms with E-state index in [9.17, 15) is 0 Å². The third-order valence-corrected chi connectivity index (χ3v) is 3.17. The first-order chi connectivity index (χ1) is 7.22. The Labute approximate surface area is 90.8 Å². The van der Waals surface area contributed by atoms with E-state index in [1.165, 1.54) is 11.3 Å². The van der Waals surface area contributed by atoms with E-state index in [-0.39, 0.29) is 0 Å². The molecule has 1 atom stereocenters. The van der Waals surface area contributed by atoms with Crippen LogP contribution in [-0.4, -0.2) is 26.3 Å². The van der Waals surface area contributed by atoms with Gasteiger partial charge in [-0.05, 0) is 31.0 Å². The van der Waals surface area contributed by atoms with Crippen LogP contribution in [-0.2, 0) is 4.74 Å².